The molecule has 0 unspecified atom stereocenters. The van der Waals surface area contributed by atoms with E-state index in [1.807, 2.05) is 18.2 Å². The average Bonchev–Trinajstić information content (AvgIpc) is 2.34. The third-order valence-electron chi connectivity index (χ3n) is 2.52. The van der Waals surface area contributed by atoms with Crippen LogP contribution < -0.4 is 5.73 Å². The van der Waals surface area contributed by atoms with E-state index in [1.54, 1.807) is 6.07 Å². The van der Waals surface area contributed by atoms with E-state index in [-0.39, 0.29) is 5.97 Å². The molecular weight excluding hydrogens is 202 g/mol. The molecule has 0 spiro atoms. The third kappa shape index (κ3) is 4.03. The van der Waals surface area contributed by atoms with Crippen LogP contribution in [0.25, 0.3) is 0 Å². The Bertz CT molecular complexity index is 336. The first-order valence-electron chi connectivity index (χ1n) is 5.65. The Labute approximate surface area is 96.6 Å². The van der Waals surface area contributed by atoms with E-state index in [0.29, 0.717) is 5.56 Å². The molecule has 0 bridgehead atoms. The topological polar surface area (TPSA) is 52.3 Å². The number of ether oxygens (including phenoxy) is 1. The molecule has 3 heteroatoms. The molecule has 3 nitrogen and oxygen atoms in total. The van der Waals surface area contributed by atoms with Crippen LogP contribution in [-0.4, -0.2) is 19.6 Å². The third-order valence-corrected chi connectivity index (χ3v) is 2.52. The molecule has 0 radical (unpaired) electrons. The van der Waals surface area contributed by atoms with Crippen molar-refractivity contribution in [2.24, 2.45) is 5.73 Å². The van der Waals surface area contributed by atoms with E-state index in [9.17, 15) is 4.79 Å². The lowest BCUT2D eigenvalue weighted by atomic mass is 10.0. The van der Waals surface area contributed by atoms with Crippen LogP contribution in [0.2, 0.25) is 0 Å². The van der Waals surface area contributed by atoms with Gasteiger partial charge in [0.1, 0.15) is 0 Å². The van der Waals surface area contributed by atoms with Gasteiger partial charge in [-0.15, -0.1) is 0 Å². The number of benzene rings is 1. The van der Waals surface area contributed by atoms with Crippen molar-refractivity contribution in [3.05, 3.63) is 35.4 Å². The highest BCUT2D eigenvalue weighted by Gasteiger charge is 2.04. The van der Waals surface area contributed by atoms with Crippen LogP contribution in [0, 0.1) is 0 Å². The van der Waals surface area contributed by atoms with E-state index in [4.69, 9.17) is 5.73 Å². The number of carbonyl (C=O) groups excluding carboxylic acids is 1. The van der Waals surface area contributed by atoms with Gasteiger partial charge in [0.15, 0.2) is 0 Å². The highest BCUT2D eigenvalue weighted by molar-refractivity contribution is 5.89. The summed E-state index contributed by atoms with van der Waals surface area (Å²) in [4.78, 5) is 11.3. The van der Waals surface area contributed by atoms with Gasteiger partial charge in [0.05, 0.1) is 12.7 Å². The monoisotopic (exact) mass is 221 g/mol. The molecule has 1 aromatic carbocycles. The Kier molecular flexibility index (Phi) is 5.57. The Hall–Kier alpha value is -1.35. The van der Waals surface area contributed by atoms with E-state index in [0.717, 1.165) is 32.2 Å². The summed E-state index contributed by atoms with van der Waals surface area (Å²) >= 11 is 0. The van der Waals surface area contributed by atoms with Crippen molar-refractivity contribution in [2.45, 2.75) is 25.7 Å². The molecule has 1 rings (SSSR count). The Morgan fingerprint density at radius 2 is 2.12 bits per heavy atom. The zero-order valence-electron chi connectivity index (χ0n) is 9.74. The molecule has 0 aliphatic rings. The van der Waals surface area contributed by atoms with Crippen LogP contribution in [0.1, 0.15) is 35.2 Å². The summed E-state index contributed by atoms with van der Waals surface area (Å²) in [6.07, 6.45) is 4.31. The first-order chi connectivity index (χ1) is 7.77. The fourth-order valence-electron chi connectivity index (χ4n) is 1.62. The minimum atomic E-state index is -0.274. The van der Waals surface area contributed by atoms with Crippen LogP contribution in [0.4, 0.5) is 0 Å². The average molecular weight is 221 g/mol. The van der Waals surface area contributed by atoms with Gasteiger partial charge < -0.3 is 10.5 Å². The lowest BCUT2D eigenvalue weighted by Gasteiger charge is -2.03. The van der Waals surface area contributed by atoms with Crippen LogP contribution in [-0.2, 0) is 11.2 Å². The van der Waals surface area contributed by atoms with Crippen molar-refractivity contribution in [1.29, 1.82) is 0 Å². The largest absolute Gasteiger partial charge is 0.465 e. The molecule has 0 atom stereocenters. The maximum atomic E-state index is 11.3. The summed E-state index contributed by atoms with van der Waals surface area (Å²) < 4.78 is 4.68. The first kappa shape index (κ1) is 12.7. The number of carbonyl (C=O) groups is 1. The van der Waals surface area contributed by atoms with Crippen molar-refractivity contribution < 1.29 is 9.53 Å². The first-order valence-corrected chi connectivity index (χ1v) is 5.65. The molecule has 0 fully saturated rings. The molecule has 88 valence electrons. The van der Waals surface area contributed by atoms with E-state index < -0.39 is 0 Å². The summed E-state index contributed by atoms with van der Waals surface area (Å²) in [5, 5.41) is 0. The molecule has 0 aliphatic carbocycles. The van der Waals surface area contributed by atoms with E-state index in [1.165, 1.54) is 12.7 Å². The van der Waals surface area contributed by atoms with Crippen LogP contribution in [0.15, 0.2) is 24.3 Å². The SMILES string of the molecule is COC(=O)c1cccc(CCCCCN)c1. The van der Waals surface area contributed by atoms with Gasteiger partial charge in [-0.3, -0.25) is 0 Å². The Morgan fingerprint density at radius 3 is 2.81 bits per heavy atom. The summed E-state index contributed by atoms with van der Waals surface area (Å²) in [5.74, 6) is -0.274. The summed E-state index contributed by atoms with van der Waals surface area (Å²) in [6, 6.07) is 7.60. The number of unbranched alkanes of at least 4 members (excludes halogenated alkanes) is 2. The molecule has 1 aromatic rings. The molecular formula is C13H19NO2. The molecule has 16 heavy (non-hydrogen) atoms. The van der Waals surface area contributed by atoms with Crippen LogP contribution in [0.5, 0.6) is 0 Å². The van der Waals surface area contributed by atoms with Gasteiger partial charge in [-0.25, -0.2) is 4.79 Å². The lowest BCUT2D eigenvalue weighted by molar-refractivity contribution is 0.0600. The lowest BCUT2D eigenvalue weighted by Crippen LogP contribution is -2.02. The highest BCUT2D eigenvalue weighted by Crippen LogP contribution is 2.10. The normalized spacial score (nSPS) is 10.1. The minimum Gasteiger partial charge on any atom is -0.465 e. The Balaban J connectivity index is 2.50. The zero-order valence-corrected chi connectivity index (χ0v) is 9.74. The number of hydrogen-bond acceptors (Lipinski definition) is 3. The standard InChI is InChI=1S/C13H19NO2/c1-16-13(15)12-8-5-7-11(10-12)6-3-2-4-9-14/h5,7-8,10H,2-4,6,9,14H2,1H3. The molecule has 0 saturated heterocycles. The summed E-state index contributed by atoms with van der Waals surface area (Å²) in [5.41, 5.74) is 7.23. The van der Waals surface area contributed by atoms with Gasteiger partial charge in [0, 0.05) is 0 Å². The number of nitrogens with two attached hydrogens (primary N) is 1. The fourth-order valence-corrected chi connectivity index (χ4v) is 1.62. The van der Waals surface area contributed by atoms with Crippen molar-refractivity contribution in [1.82, 2.24) is 0 Å². The van der Waals surface area contributed by atoms with E-state index >= 15 is 0 Å². The highest BCUT2D eigenvalue weighted by atomic mass is 16.5. The molecule has 0 aromatic heterocycles. The summed E-state index contributed by atoms with van der Waals surface area (Å²) in [7, 11) is 1.40. The number of hydrogen-bond donors (Lipinski definition) is 1. The second kappa shape index (κ2) is 7.01. The second-order valence-corrected chi connectivity index (χ2v) is 3.79. The molecule has 2 N–H and O–H groups in total. The predicted molar refractivity (Wildman–Crippen MR) is 64.4 cm³/mol. The van der Waals surface area contributed by atoms with Crippen molar-refractivity contribution >= 4 is 5.97 Å². The number of rotatable bonds is 6. The van der Waals surface area contributed by atoms with Gasteiger partial charge in [0.2, 0.25) is 0 Å². The molecule has 0 saturated carbocycles. The fraction of sp³-hybridized carbons (Fsp3) is 0.462. The smallest absolute Gasteiger partial charge is 0.337 e. The molecule has 0 aliphatic heterocycles. The quantitative estimate of drug-likeness (QED) is 0.591. The maximum absolute atomic E-state index is 11.3. The van der Waals surface area contributed by atoms with Gasteiger partial charge in [-0.2, -0.15) is 0 Å². The van der Waals surface area contributed by atoms with Gasteiger partial charge in [-0.1, -0.05) is 18.6 Å². The predicted octanol–water partition coefficient (Wildman–Crippen LogP) is 2.14. The molecule has 0 amide bonds. The maximum Gasteiger partial charge on any atom is 0.337 e. The second-order valence-electron chi connectivity index (χ2n) is 3.79. The summed E-state index contributed by atoms with van der Waals surface area (Å²) in [6.45, 7) is 0.752. The Morgan fingerprint density at radius 1 is 1.31 bits per heavy atom. The number of esters is 1. The number of aryl methyl sites for hydroxylation is 1. The zero-order chi connectivity index (χ0) is 11.8. The van der Waals surface area contributed by atoms with Gasteiger partial charge in [-0.05, 0) is 43.5 Å². The van der Waals surface area contributed by atoms with Crippen molar-refractivity contribution in [3.63, 3.8) is 0 Å². The van der Waals surface area contributed by atoms with Crippen molar-refractivity contribution in [3.8, 4) is 0 Å². The minimum absolute atomic E-state index is 0.274. The van der Waals surface area contributed by atoms with Gasteiger partial charge >= 0.3 is 5.97 Å². The van der Waals surface area contributed by atoms with Crippen molar-refractivity contribution in [2.75, 3.05) is 13.7 Å². The van der Waals surface area contributed by atoms with Crippen LogP contribution in [0.3, 0.4) is 0 Å². The van der Waals surface area contributed by atoms with E-state index in [2.05, 4.69) is 4.74 Å². The van der Waals surface area contributed by atoms with Crippen LogP contribution >= 0.6 is 0 Å². The molecule has 0 heterocycles. The van der Waals surface area contributed by atoms with Gasteiger partial charge in [0.25, 0.3) is 0 Å². The number of methoxy groups -OCH3 is 1.